The summed E-state index contributed by atoms with van der Waals surface area (Å²) in [6.45, 7) is 0. The fourth-order valence-electron chi connectivity index (χ4n) is 12.9. The highest BCUT2D eigenvalue weighted by atomic mass is 15.3. The minimum Gasteiger partial charge on any atom is -0.276 e. The first kappa shape index (κ1) is 44.9. The molecule has 11 aromatic carbocycles. The maximum atomic E-state index is 5.39. The lowest BCUT2D eigenvalue weighted by atomic mass is 9.99. The second-order valence-corrected chi connectivity index (χ2v) is 21.3. The zero-order chi connectivity index (χ0) is 54.7. The Morgan fingerprint density at radius 3 is 1.25 bits per heavy atom. The lowest BCUT2D eigenvalue weighted by Gasteiger charge is -2.12. The molecule has 19 aromatic rings. The maximum absolute atomic E-state index is 5.39. The molecule has 0 N–H and O–H groups in total. The summed E-state index contributed by atoms with van der Waals surface area (Å²) in [5.41, 5.74) is 14.5. The summed E-state index contributed by atoms with van der Waals surface area (Å²) in [6.07, 6.45) is 7.71. The van der Waals surface area contributed by atoms with Gasteiger partial charge in [-0.3, -0.25) is 8.80 Å². The first-order valence-electron chi connectivity index (χ1n) is 27.7. The highest BCUT2D eigenvalue weighted by molar-refractivity contribution is 6.24. The fraction of sp³-hybridized carbons (Fsp3) is 0. The van der Waals surface area contributed by atoms with E-state index in [1.165, 1.54) is 0 Å². The van der Waals surface area contributed by atoms with Gasteiger partial charge in [0.1, 0.15) is 22.1 Å². The van der Waals surface area contributed by atoms with Crippen molar-refractivity contribution in [3.05, 3.63) is 231 Å². The summed E-state index contributed by atoms with van der Waals surface area (Å²) >= 11 is 0. The van der Waals surface area contributed by atoms with Crippen molar-refractivity contribution >= 4 is 132 Å². The molecule has 388 valence electrons. The van der Waals surface area contributed by atoms with E-state index in [1.54, 1.807) is 0 Å². The van der Waals surface area contributed by atoms with Crippen LogP contribution in [0.2, 0.25) is 0 Å². The van der Waals surface area contributed by atoms with E-state index in [0.29, 0.717) is 29.3 Å². The van der Waals surface area contributed by atoms with E-state index in [-0.39, 0.29) is 0 Å². The Bertz CT molecular complexity index is 6080. The maximum Gasteiger partial charge on any atom is 0.237 e. The van der Waals surface area contributed by atoms with Gasteiger partial charge in [0, 0.05) is 57.5 Å². The van der Waals surface area contributed by atoms with Crippen molar-refractivity contribution in [2.45, 2.75) is 0 Å². The Kier molecular flexibility index (Phi) is 8.99. The number of imidazole rings is 4. The van der Waals surface area contributed by atoms with E-state index in [4.69, 9.17) is 49.8 Å². The molecule has 8 heterocycles. The Labute approximate surface area is 473 Å². The summed E-state index contributed by atoms with van der Waals surface area (Å²) in [6, 6.07) is 71.0. The molecule has 14 heteroatoms. The summed E-state index contributed by atoms with van der Waals surface area (Å²) in [5, 5.41) is 9.98. The van der Waals surface area contributed by atoms with E-state index in [2.05, 4.69) is 141 Å². The molecule has 0 aliphatic rings. The van der Waals surface area contributed by atoms with Crippen LogP contribution in [0.4, 0.5) is 0 Å². The van der Waals surface area contributed by atoms with Crippen LogP contribution >= 0.6 is 0 Å². The van der Waals surface area contributed by atoms with Crippen molar-refractivity contribution in [2.75, 3.05) is 0 Å². The van der Waals surface area contributed by atoms with Crippen molar-refractivity contribution in [1.29, 1.82) is 0 Å². The Balaban J connectivity index is 0.732. The van der Waals surface area contributed by atoms with Crippen molar-refractivity contribution in [3.63, 3.8) is 0 Å². The lowest BCUT2D eigenvalue weighted by molar-refractivity contribution is 0.984. The van der Waals surface area contributed by atoms with Crippen LogP contribution in [-0.4, -0.2) is 67.8 Å². The second kappa shape index (κ2) is 16.8. The molecule has 0 aliphatic carbocycles. The van der Waals surface area contributed by atoms with Crippen LogP contribution < -0.4 is 0 Å². The normalized spacial score (nSPS) is 12.3. The van der Waals surface area contributed by atoms with Gasteiger partial charge in [-0.05, 0) is 104 Å². The molecule has 0 unspecified atom stereocenters. The molecule has 14 nitrogen and oxygen atoms in total. The highest BCUT2D eigenvalue weighted by Crippen LogP contribution is 2.39. The lowest BCUT2D eigenvalue weighted by Crippen LogP contribution is -2.03. The van der Waals surface area contributed by atoms with E-state index >= 15 is 0 Å². The first-order chi connectivity index (χ1) is 41.6. The smallest absolute Gasteiger partial charge is 0.237 e. The Morgan fingerprint density at radius 2 is 0.667 bits per heavy atom. The molecular formula is C70H38N14. The summed E-state index contributed by atoms with van der Waals surface area (Å²) in [5.74, 6) is 3.68. The average molecular weight is 1080 g/mol. The first-order valence-corrected chi connectivity index (χ1v) is 27.7. The van der Waals surface area contributed by atoms with Gasteiger partial charge in [-0.2, -0.15) is 0 Å². The Hall–Kier alpha value is -11.9. The summed E-state index contributed by atoms with van der Waals surface area (Å²) in [4.78, 5) is 51.9. The SMILES string of the molecule is c1ccc(-c2ncc3c4ccccc4c4cnc(-n5c6ccccc6n6c7ccc(-c8ccc9ccc(-c%10ncc%11c%12ccccc%12c%12cnc(-n%13c%14ccccc%14n%14c%15ccccc%15nc%13%14)nc%12c%11n%10)cc9c8)cc7nc56)nc4c3n2)cc1. The number of rotatable bonds is 5. The third-order valence-corrected chi connectivity index (χ3v) is 16.8. The zero-order valence-electron chi connectivity index (χ0n) is 44.2. The molecule has 8 aromatic heterocycles. The van der Waals surface area contributed by atoms with E-state index < -0.39 is 0 Å². The monoisotopic (exact) mass is 1070 g/mol. The van der Waals surface area contributed by atoms with Gasteiger partial charge in [-0.1, -0.05) is 146 Å². The van der Waals surface area contributed by atoms with Gasteiger partial charge in [0.05, 0.1) is 44.1 Å². The van der Waals surface area contributed by atoms with Crippen molar-refractivity contribution in [3.8, 4) is 45.8 Å². The molecule has 0 radical (unpaired) electrons. The number of para-hydroxylation sites is 6. The van der Waals surface area contributed by atoms with Crippen molar-refractivity contribution in [1.82, 2.24) is 67.8 Å². The molecule has 19 rings (SSSR count). The summed E-state index contributed by atoms with van der Waals surface area (Å²) < 4.78 is 8.49. The van der Waals surface area contributed by atoms with Crippen LogP contribution in [-0.2, 0) is 0 Å². The average Bonchev–Trinajstić information content (AvgIpc) is 1.84. The number of fused-ring (bicyclic) bond motifs is 23. The Morgan fingerprint density at radius 1 is 0.250 bits per heavy atom. The van der Waals surface area contributed by atoms with Gasteiger partial charge >= 0.3 is 0 Å². The molecule has 0 atom stereocenters. The van der Waals surface area contributed by atoms with Gasteiger partial charge in [0.2, 0.25) is 23.5 Å². The highest BCUT2D eigenvalue weighted by Gasteiger charge is 2.24. The molecule has 0 amide bonds. The number of hydrogen-bond acceptors (Lipinski definition) is 10. The van der Waals surface area contributed by atoms with Gasteiger partial charge in [0.15, 0.2) is 11.6 Å². The molecule has 0 saturated heterocycles. The van der Waals surface area contributed by atoms with Gasteiger partial charge < -0.3 is 0 Å². The van der Waals surface area contributed by atoms with E-state index in [1.807, 2.05) is 108 Å². The third kappa shape index (κ3) is 6.32. The van der Waals surface area contributed by atoms with E-state index in [0.717, 1.165) is 148 Å². The quantitative estimate of drug-likeness (QED) is 0.153. The minimum atomic E-state index is 0.497. The van der Waals surface area contributed by atoms with Crippen LogP contribution in [0.25, 0.3) is 177 Å². The van der Waals surface area contributed by atoms with Gasteiger partial charge in [0.25, 0.3) is 0 Å². The molecule has 0 spiro atoms. The molecular weight excluding hydrogens is 1040 g/mol. The van der Waals surface area contributed by atoms with Crippen LogP contribution in [0.5, 0.6) is 0 Å². The van der Waals surface area contributed by atoms with Gasteiger partial charge in [-0.25, -0.2) is 59.0 Å². The van der Waals surface area contributed by atoms with Gasteiger partial charge in [-0.15, -0.1) is 0 Å². The second-order valence-electron chi connectivity index (χ2n) is 21.3. The minimum absolute atomic E-state index is 0.497. The molecule has 0 bridgehead atoms. The van der Waals surface area contributed by atoms with Crippen molar-refractivity contribution < 1.29 is 0 Å². The van der Waals surface area contributed by atoms with Crippen LogP contribution in [0.1, 0.15) is 0 Å². The van der Waals surface area contributed by atoms with Crippen LogP contribution in [0.3, 0.4) is 0 Å². The standard InChI is InChI=1S/C70H38N14/c1-2-14-40(15-3-1)65-71-35-49-45-16-4-6-18-47(45)51-37-74-68(79-63(51)61(49)77-65)84-60-25-13-11-23-58(60)82-56-31-30-42(34-54(56)76-70(82)84)41-28-26-39-27-29-43(33-44(39)32-41)66-72-36-50-46-17-5-7-19-48(46)52-38-73-67(80-64(52)62(50)78-66)83-59-24-12-10-22-57(59)81-55-21-9-8-20-53(55)75-69(81)83/h1-38H. The molecule has 84 heavy (non-hydrogen) atoms. The third-order valence-electron chi connectivity index (χ3n) is 16.8. The zero-order valence-corrected chi connectivity index (χ0v) is 44.2. The predicted octanol–water partition coefficient (Wildman–Crippen LogP) is 15.4. The molecule has 0 fully saturated rings. The molecule has 0 aliphatic heterocycles. The van der Waals surface area contributed by atoms with Crippen LogP contribution in [0, 0.1) is 0 Å². The molecule has 0 saturated carbocycles. The number of nitrogens with zero attached hydrogens (tertiary/aromatic N) is 14. The number of aromatic nitrogens is 14. The summed E-state index contributed by atoms with van der Waals surface area (Å²) in [7, 11) is 0. The number of benzene rings is 11. The topological polar surface area (TPSA) is 148 Å². The van der Waals surface area contributed by atoms with Crippen LogP contribution in [0.15, 0.2) is 231 Å². The van der Waals surface area contributed by atoms with Crippen molar-refractivity contribution in [2.24, 2.45) is 0 Å². The largest absolute Gasteiger partial charge is 0.276 e. The van der Waals surface area contributed by atoms with E-state index in [9.17, 15) is 0 Å². The number of hydrogen-bond donors (Lipinski definition) is 0. The fourth-order valence-corrected chi connectivity index (χ4v) is 12.9. The predicted molar refractivity (Wildman–Crippen MR) is 334 cm³/mol.